The maximum atomic E-state index is 2.58. The van der Waals surface area contributed by atoms with Crippen LogP contribution in [0.25, 0.3) is 0 Å². The molecule has 0 spiro atoms. The number of hydrogen-bond donors (Lipinski definition) is 0. The molecule has 0 aliphatic carbocycles. The summed E-state index contributed by atoms with van der Waals surface area (Å²) in [5.41, 5.74) is 20.9. The van der Waals surface area contributed by atoms with E-state index in [-0.39, 0.29) is 17.5 Å². The van der Waals surface area contributed by atoms with Crippen LogP contribution in [-0.4, -0.2) is 6.71 Å². The van der Waals surface area contributed by atoms with Crippen LogP contribution in [0, 0.1) is 0 Å². The van der Waals surface area contributed by atoms with Crippen LogP contribution >= 0.6 is 0 Å². The van der Waals surface area contributed by atoms with Crippen molar-refractivity contribution in [3.63, 3.8) is 0 Å². The number of anilines is 9. The van der Waals surface area contributed by atoms with E-state index in [2.05, 4.69) is 311 Å². The van der Waals surface area contributed by atoms with Gasteiger partial charge in [0.15, 0.2) is 0 Å². The monoisotopic (exact) mass is 941 g/mol. The number of nitrogens with zero attached hydrogens (tertiary/aromatic N) is 3. The zero-order chi connectivity index (χ0) is 49.9. The fourth-order valence-corrected chi connectivity index (χ4v) is 11.7. The molecule has 0 fully saturated rings. The Morgan fingerprint density at radius 3 is 1.23 bits per heavy atom. The van der Waals surface area contributed by atoms with Crippen molar-refractivity contribution in [2.75, 3.05) is 14.7 Å². The maximum Gasteiger partial charge on any atom is 0.252 e. The van der Waals surface area contributed by atoms with Gasteiger partial charge in [-0.1, -0.05) is 224 Å². The first kappa shape index (κ1) is 45.8. The largest absolute Gasteiger partial charge is 0.311 e. The molecule has 354 valence electrons. The number of rotatable bonds is 9. The minimum absolute atomic E-state index is 0.0272. The van der Waals surface area contributed by atoms with Crippen LogP contribution in [0.3, 0.4) is 0 Å². The molecule has 0 aromatic heterocycles. The van der Waals surface area contributed by atoms with Crippen molar-refractivity contribution < 1.29 is 0 Å². The normalized spacial score (nSPS) is 13.0. The summed E-state index contributed by atoms with van der Waals surface area (Å²) in [7, 11) is 0. The zero-order valence-electron chi connectivity index (χ0n) is 42.7. The smallest absolute Gasteiger partial charge is 0.252 e. The molecule has 0 amide bonds. The fourth-order valence-electron chi connectivity index (χ4n) is 11.7. The molecule has 0 bridgehead atoms. The minimum atomic E-state index is -0.574. The van der Waals surface area contributed by atoms with E-state index in [0.717, 1.165) is 34.1 Å². The summed E-state index contributed by atoms with van der Waals surface area (Å²) >= 11 is 0. The first-order chi connectivity index (χ1) is 35.5. The van der Waals surface area contributed by atoms with Crippen LogP contribution in [-0.2, 0) is 16.2 Å². The molecule has 73 heavy (non-hydrogen) atoms. The number of fused-ring (bicyclic) bond motifs is 4. The van der Waals surface area contributed by atoms with E-state index in [1.54, 1.807) is 0 Å². The Balaban J connectivity index is 1.16. The third kappa shape index (κ3) is 7.85. The van der Waals surface area contributed by atoms with Crippen LogP contribution in [0.1, 0.15) is 74.9 Å². The highest BCUT2D eigenvalue weighted by Crippen LogP contribution is 2.50. The molecule has 0 unspecified atom stereocenters. The second-order valence-corrected chi connectivity index (χ2v) is 21.8. The Labute approximate surface area is 432 Å². The summed E-state index contributed by atoms with van der Waals surface area (Å²) < 4.78 is 0. The molecule has 0 N–H and O–H groups in total. The summed E-state index contributed by atoms with van der Waals surface area (Å²) in [4.78, 5) is 7.54. The van der Waals surface area contributed by atoms with Gasteiger partial charge < -0.3 is 14.7 Å². The molecule has 0 radical (unpaired) electrons. The van der Waals surface area contributed by atoms with Crippen LogP contribution < -0.4 is 31.1 Å². The van der Waals surface area contributed by atoms with E-state index in [0.29, 0.717) is 0 Å². The summed E-state index contributed by atoms with van der Waals surface area (Å²) in [6.45, 7) is 13.9. The first-order valence-electron chi connectivity index (χ1n) is 25.8. The maximum absolute atomic E-state index is 2.58. The molecule has 10 aromatic carbocycles. The Morgan fingerprint density at radius 1 is 0.301 bits per heavy atom. The molecule has 0 saturated heterocycles. The van der Waals surface area contributed by atoms with Crippen LogP contribution in [0.2, 0.25) is 0 Å². The lowest BCUT2D eigenvalue weighted by atomic mass is 9.33. The van der Waals surface area contributed by atoms with Crippen molar-refractivity contribution in [3.05, 3.63) is 288 Å². The van der Waals surface area contributed by atoms with Crippen LogP contribution in [0.4, 0.5) is 51.2 Å². The molecule has 0 saturated carbocycles. The highest BCUT2D eigenvalue weighted by molar-refractivity contribution is 7.00. The molecule has 2 aliphatic heterocycles. The van der Waals surface area contributed by atoms with E-state index in [9.17, 15) is 0 Å². The van der Waals surface area contributed by atoms with Crippen molar-refractivity contribution in [2.24, 2.45) is 0 Å². The van der Waals surface area contributed by atoms with Gasteiger partial charge in [-0.15, -0.1) is 0 Å². The molecule has 12 rings (SSSR count). The van der Waals surface area contributed by atoms with Crippen molar-refractivity contribution in [1.29, 1.82) is 0 Å². The molecule has 10 aromatic rings. The fraction of sp³-hybridized carbons (Fsp3) is 0.130. The molecule has 2 aliphatic rings. The number of hydrogen-bond acceptors (Lipinski definition) is 3. The minimum Gasteiger partial charge on any atom is -0.311 e. The summed E-state index contributed by atoms with van der Waals surface area (Å²) in [5.74, 6) is 0. The molecule has 2 heterocycles. The second kappa shape index (κ2) is 18.1. The summed E-state index contributed by atoms with van der Waals surface area (Å²) in [6, 6.07) is 94.8. The molecular formula is C69H60BN3. The van der Waals surface area contributed by atoms with Gasteiger partial charge in [-0.25, -0.2) is 0 Å². The topological polar surface area (TPSA) is 9.72 Å². The lowest BCUT2D eigenvalue weighted by Crippen LogP contribution is -2.61. The van der Waals surface area contributed by atoms with E-state index in [1.807, 2.05) is 0 Å². The van der Waals surface area contributed by atoms with Gasteiger partial charge in [-0.3, -0.25) is 0 Å². The van der Waals surface area contributed by atoms with Gasteiger partial charge in [-0.2, -0.15) is 0 Å². The first-order valence-corrected chi connectivity index (χ1v) is 25.8. The van der Waals surface area contributed by atoms with Crippen LogP contribution in [0.15, 0.2) is 255 Å². The van der Waals surface area contributed by atoms with Crippen molar-refractivity contribution in [2.45, 2.75) is 57.8 Å². The van der Waals surface area contributed by atoms with Gasteiger partial charge in [0.05, 0.1) is 11.1 Å². The summed E-state index contributed by atoms with van der Waals surface area (Å²) in [5, 5.41) is 0. The third-order valence-electron chi connectivity index (χ3n) is 15.3. The molecule has 0 atom stereocenters. The van der Waals surface area contributed by atoms with E-state index in [4.69, 9.17) is 0 Å². The SMILES string of the molecule is CC(C)(C)c1cccc(N2c3cc(C(C)(C)C)ccc3B3c4ccccc4N(c4ccc(C(c5ccccc5)(c5ccccc5)c5ccccc5)cc4)c4cc(N(c5ccccc5)c5ccccc5)cc2c43)c1. The Bertz CT molecular complexity index is 3450. The third-order valence-corrected chi connectivity index (χ3v) is 15.3. The van der Waals surface area contributed by atoms with Gasteiger partial charge in [0.1, 0.15) is 0 Å². The van der Waals surface area contributed by atoms with E-state index >= 15 is 0 Å². The van der Waals surface area contributed by atoms with Crippen molar-refractivity contribution in [1.82, 2.24) is 0 Å². The van der Waals surface area contributed by atoms with E-state index in [1.165, 1.54) is 66.8 Å². The quantitative estimate of drug-likeness (QED) is 0.105. The van der Waals surface area contributed by atoms with Crippen molar-refractivity contribution in [3.8, 4) is 0 Å². The van der Waals surface area contributed by atoms with Gasteiger partial charge in [-0.05, 0) is 133 Å². The van der Waals surface area contributed by atoms with Crippen LogP contribution in [0.5, 0.6) is 0 Å². The Hall–Kier alpha value is -8.34. The molecule has 4 heteroatoms. The predicted octanol–water partition coefficient (Wildman–Crippen LogP) is 16.2. The lowest BCUT2D eigenvalue weighted by Gasteiger charge is -2.45. The second-order valence-electron chi connectivity index (χ2n) is 21.8. The van der Waals surface area contributed by atoms with Gasteiger partial charge in [0.25, 0.3) is 6.71 Å². The predicted molar refractivity (Wildman–Crippen MR) is 311 cm³/mol. The highest BCUT2D eigenvalue weighted by Gasteiger charge is 2.45. The average molecular weight is 942 g/mol. The average Bonchev–Trinajstić information content (AvgIpc) is 3.42. The Morgan fingerprint density at radius 2 is 0.712 bits per heavy atom. The van der Waals surface area contributed by atoms with E-state index < -0.39 is 5.41 Å². The highest BCUT2D eigenvalue weighted by atomic mass is 15.2. The zero-order valence-corrected chi connectivity index (χ0v) is 42.7. The van der Waals surface area contributed by atoms with Gasteiger partial charge in [0, 0.05) is 45.5 Å². The number of para-hydroxylation sites is 3. The molecular weight excluding hydrogens is 882 g/mol. The van der Waals surface area contributed by atoms with Gasteiger partial charge >= 0.3 is 0 Å². The molecule has 3 nitrogen and oxygen atoms in total. The lowest BCUT2D eigenvalue weighted by molar-refractivity contribution is 0.590. The Kier molecular flexibility index (Phi) is 11.3. The summed E-state index contributed by atoms with van der Waals surface area (Å²) in [6.07, 6.45) is 0. The van der Waals surface area contributed by atoms with Crippen molar-refractivity contribution >= 4 is 74.3 Å². The van der Waals surface area contributed by atoms with Gasteiger partial charge in [0.2, 0.25) is 0 Å². The number of benzene rings is 10. The standard InChI is InChI=1S/C69H60BN3/c1-67(2,3)53-31-24-36-58(45-53)73-63-46-54(68(4,5)6)41-44-61(63)70-60-37-22-23-38-62(60)72(64-47-59(48-65(73)66(64)70)71(55-32-18-10-19-33-55)56-34-20-11-21-35-56)57-42-39-52(40-43-57)69(49-25-12-7-13-26-49,50-27-14-8-15-28-50)51-29-16-9-17-30-51/h7-48H,1-6H3.